The second kappa shape index (κ2) is 6.01. The molecule has 2 rings (SSSR count). The van der Waals surface area contributed by atoms with Crippen LogP contribution in [-0.4, -0.2) is 25.7 Å². The maximum Gasteiger partial charge on any atom is 0.250 e. The number of sulfonamides is 1. The molecule has 0 amide bonds. The van der Waals surface area contributed by atoms with E-state index in [1.165, 1.54) is 6.07 Å². The standard InChI is InChI=1S/C13H22N2O3S2/c1-2-10-3-5-13(16,6-4-10)9-15-20(17,18)12-7-11(14)8-19-12/h7-8,10,15-16H,2-6,9,14H2,1H3. The summed E-state index contributed by atoms with van der Waals surface area (Å²) in [7, 11) is -3.57. The van der Waals surface area contributed by atoms with Crippen molar-refractivity contribution in [1.29, 1.82) is 0 Å². The van der Waals surface area contributed by atoms with E-state index in [0.29, 0.717) is 24.4 Å². The van der Waals surface area contributed by atoms with Crippen molar-refractivity contribution < 1.29 is 13.5 Å². The molecule has 0 bridgehead atoms. The Morgan fingerprint density at radius 1 is 1.50 bits per heavy atom. The first-order chi connectivity index (χ1) is 9.35. The lowest BCUT2D eigenvalue weighted by atomic mass is 9.78. The van der Waals surface area contributed by atoms with E-state index in [-0.39, 0.29) is 10.8 Å². The third-order valence-corrected chi connectivity index (χ3v) is 6.92. The summed E-state index contributed by atoms with van der Waals surface area (Å²) in [5, 5.41) is 12.0. The molecule has 0 aliphatic heterocycles. The summed E-state index contributed by atoms with van der Waals surface area (Å²) >= 11 is 1.09. The van der Waals surface area contributed by atoms with Crippen molar-refractivity contribution >= 4 is 27.0 Å². The van der Waals surface area contributed by atoms with Gasteiger partial charge in [-0.25, -0.2) is 13.1 Å². The van der Waals surface area contributed by atoms with E-state index in [2.05, 4.69) is 11.6 Å². The molecular weight excluding hydrogens is 296 g/mol. The minimum Gasteiger partial charge on any atom is -0.398 e. The van der Waals surface area contributed by atoms with Crippen LogP contribution in [0, 0.1) is 5.92 Å². The van der Waals surface area contributed by atoms with Crippen molar-refractivity contribution in [1.82, 2.24) is 4.72 Å². The van der Waals surface area contributed by atoms with E-state index in [1.807, 2.05) is 0 Å². The molecule has 0 radical (unpaired) electrons. The Morgan fingerprint density at radius 3 is 2.65 bits per heavy atom. The first-order valence-electron chi connectivity index (χ1n) is 6.91. The highest BCUT2D eigenvalue weighted by molar-refractivity contribution is 7.91. The topological polar surface area (TPSA) is 92.4 Å². The lowest BCUT2D eigenvalue weighted by Gasteiger charge is -2.35. The van der Waals surface area contributed by atoms with Crippen LogP contribution in [0.2, 0.25) is 0 Å². The molecule has 1 saturated carbocycles. The largest absolute Gasteiger partial charge is 0.398 e. The van der Waals surface area contributed by atoms with Crippen LogP contribution in [0.4, 0.5) is 5.69 Å². The van der Waals surface area contributed by atoms with Crippen molar-refractivity contribution in [3.05, 3.63) is 11.4 Å². The first-order valence-corrected chi connectivity index (χ1v) is 9.27. The molecule has 0 spiro atoms. The van der Waals surface area contributed by atoms with Gasteiger partial charge in [0, 0.05) is 17.6 Å². The number of nitrogen functional groups attached to an aromatic ring is 1. The summed E-state index contributed by atoms with van der Waals surface area (Å²) < 4.78 is 26.9. The molecule has 4 N–H and O–H groups in total. The lowest BCUT2D eigenvalue weighted by molar-refractivity contribution is -0.00441. The Labute approximate surface area is 124 Å². The summed E-state index contributed by atoms with van der Waals surface area (Å²) in [4.78, 5) is 0. The molecule has 0 aromatic carbocycles. The molecule has 0 atom stereocenters. The van der Waals surface area contributed by atoms with Crippen molar-refractivity contribution in [2.45, 2.75) is 48.8 Å². The number of thiophene rings is 1. The molecule has 1 aromatic heterocycles. The van der Waals surface area contributed by atoms with Gasteiger partial charge in [-0.05, 0) is 37.7 Å². The van der Waals surface area contributed by atoms with E-state index in [9.17, 15) is 13.5 Å². The van der Waals surface area contributed by atoms with Gasteiger partial charge in [0.05, 0.1) is 5.60 Å². The van der Waals surface area contributed by atoms with Crippen LogP contribution >= 0.6 is 11.3 Å². The number of nitrogens with two attached hydrogens (primary N) is 1. The van der Waals surface area contributed by atoms with E-state index >= 15 is 0 Å². The highest BCUT2D eigenvalue weighted by Crippen LogP contribution is 2.33. The molecule has 0 unspecified atom stereocenters. The first kappa shape index (κ1) is 15.8. The highest BCUT2D eigenvalue weighted by Gasteiger charge is 2.34. The normalized spacial score (nSPS) is 27.6. The number of anilines is 1. The maximum atomic E-state index is 12.1. The summed E-state index contributed by atoms with van der Waals surface area (Å²) in [5.74, 6) is 0.656. The molecule has 0 saturated heterocycles. The highest BCUT2D eigenvalue weighted by atomic mass is 32.2. The van der Waals surface area contributed by atoms with Crippen molar-refractivity contribution in [2.24, 2.45) is 5.92 Å². The monoisotopic (exact) mass is 318 g/mol. The van der Waals surface area contributed by atoms with Crippen LogP contribution in [-0.2, 0) is 10.0 Å². The minimum atomic E-state index is -3.57. The average Bonchev–Trinajstić information content (AvgIpc) is 2.85. The fraction of sp³-hybridized carbons (Fsp3) is 0.692. The van der Waals surface area contributed by atoms with Gasteiger partial charge in [-0.2, -0.15) is 0 Å². The van der Waals surface area contributed by atoms with Gasteiger partial charge in [0.2, 0.25) is 10.0 Å². The molecule has 114 valence electrons. The van der Waals surface area contributed by atoms with Crippen LogP contribution in [0.1, 0.15) is 39.0 Å². The minimum absolute atomic E-state index is 0.0730. The van der Waals surface area contributed by atoms with Crippen LogP contribution in [0.3, 0.4) is 0 Å². The average molecular weight is 318 g/mol. The van der Waals surface area contributed by atoms with Gasteiger partial charge in [-0.15, -0.1) is 11.3 Å². The van der Waals surface area contributed by atoms with Crippen molar-refractivity contribution in [3.8, 4) is 0 Å². The van der Waals surface area contributed by atoms with E-state index in [1.54, 1.807) is 5.38 Å². The van der Waals surface area contributed by atoms with E-state index < -0.39 is 15.6 Å². The quantitative estimate of drug-likeness (QED) is 0.773. The number of aliphatic hydroxyl groups is 1. The zero-order valence-electron chi connectivity index (χ0n) is 11.6. The molecular formula is C13H22N2O3S2. The second-order valence-electron chi connectivity index (χ2n) is 5.60. The lowest BCUT2D eigenvalue weighted by Crippen LogP contribution is -2.45. The summed E-state index contributed by atoms with van der Waals surface area (Å²) in [6.07, 6.45) is 4.35. The molecule has 5 nitrogen and oxygen atoms in total. The molecule has 20 heavy (non-hydrogen) atoms. The fourth-order valence-electron chi connectivity index (χ4n) is 2.57. The zero-order chi connectivity index (χ0) is 14.8. The second-order valence-corrected chi connectivity index (χ2v) is 8.50. The number of hydrogen-bond acceptors (Lipinski definition) is 5. The van der Waals surface area contributed by atoms with E-state index in [4.69, 9.17) is 5.73 Å². The van der Waals surface area contributed by atoms with Gasteiger partial charge < -0.3 is 10.8 Å². The maximum absolute atomic E-state index is 12.1. The molecule has 1 fully saturated rings. The number of nitrogens with one attached hydrogen (secondary N) is 1. The van der Waals surface area contributed by atoms with Crippen LogP contribution in [0.25, 0.3) is 0 Å². The molecule has 1 aliphatic rings. The van der Waals surface area contributed by atoms with Gasteiger partial charge in [0.1, 0.15) is 4.21 Å². The molecule has 7 heteroatoms. The summed E-state index contributed by atoms with van der Waals surface area (Å²) in [6, 6.07) is 1.44. The van der Waals surface area contributed by atoms with Gasteiger partial charge in [0.25, 0.3) is 0 Å². The molecule has 1 heterocycles. The van der Waals surface area contributed by atoms with Crippen LogP contribution in [0.15, 0.2) is 15.7 Å². The number of hydrogen-bond donors (Lipinski definition) is 3. The smallest absolute Gasteiger partial charge is 0.250 e. The van der Waals surface area contributed by atoms with Gasteiger partial charge >= 0.3 is 0 Å². The Balaban J connectivity index is 1.95. The van der Waals surface area contributed by atoms with Gasteiger partial charge in [0.15, 0.2) is 0 Å². The van der Waals surface area contributed by atoms with Crippen LogP contribution in [0.5, 0.6) is 0 Å². The fourth-order valence-corrected chi connectivity index (χ4v) is 4.82. The third kappa shape index (κ3) is 3.72. The molecule has 1 aliphatic carbocycles. The Morgan fingerprint density at radius 2 is 2.15 bits per heavy atom. The Kier molecular flexibility index (Phi) is 4.73. The van der Waals surface area contributed by atoms with Crippen molar-refractivity contribution in [3.63, 3.8) is 0 Å². The third-order valence-electron chi connectivity index (χ3n) is 4.07. The zero-order valence-corrected chi connectivity index (χ0v) is 13.3. The van der Waals surface area contributed by atoms with Gasteiger partial charge in [-0.3, -0.25) is 0 Å². The van der Waals surface area contributed by atoms with E-state index in [0.717, 1.165) is 30.6 Å². The predicted molar refractivity (Wildman–Crippen MR) is 81.1 cm³/mol. The SMILES string of the molecule is CCC1CCC(O)(CNS(=O)(=O)c2cc(N)cs2)CC1. The summed E-state index contributed by atoms with van der Waals surface area (Å²) in [6.45, 7) is 2.22. The van der Waals surface area contributed by atoms with Crippen LogP contribution < -0.4 is 10.5 Å². The van der Waals surface area contributed by atoms with Crippen molar-refractivity contribution in [2.75, 3.05) is 12.3 Å². The molecule has 1 aromatic rings. The Hall–Kier alpha value is -0.630. The Bertz CT molecular complexity index is 546. The number of rotatable bonds is 5. The van der Waals surface area contributed by atoms with Gasteiger partial charge in [-0.1, -0.05) is 13.3 Å². The summed E-state index contributed by atoms with van der Waals surface area (Å²) in [5.41, 5.74) is 5.07. The predicted octanol–water partition coefficient (Wildman–Crippen LogP) is 1.94.